The van der Waals surface area contributed by atoms with Crippen molar-refractivity contribution in [3.8, 4) is 0 Å². The highest BCUT2D eigenvalue weighted by Gasteiger charge is 2.42. The van der Waals surface area contributed by atoms with Crippen LogP contribution < -0.4 is 0 Å². The first-order chi connectivity index (χ1) is 11.3. The summed E-state index contributed by atoms with van der Waals surface area (Å²) in [5.74, 6) is -0.728. The van der Waals surface area contributed by atoms with Crippen molar-refractivity contribution in [1.29, 1.82) is 0 Å². The number of methoxy groups -OCH3 is 1. The van der Waals surface area contributed by atoms with Gasteiger partial charge < -0.3 is 9.64 Å². The van der Waals surface area contributed by atoms with Gasteiger partial charge in [-0.15, -0.1) is 0 Å². The van der Waals surface area contributed by atoms with Crippen LogP contribution in [-0.2, 0) is 20.5 Å². The second kappa shape index (κ2) is 5.92. The van der Waals surface area contributed by atoms with Crippen molar-refractivity contribution >= 4 is 23.8 Å². The van der Waals surface area contributed by atoms with E-state index in [1.165, 1.54) is 24.3 Å². The molecule has 0 spiro atoms. The lowest BCUT2D eigenvalue weighted by Gasteiger charge is -2.34. The molecule has 0 bridgehead atoms. The number of benzene rings is 1. The fraction of sp³-hybridized carbons (Fsp3) is 0.438. The van der Waals surface area contributed by atoms with Crippen molar-refractivity contribution in [2.45, 2.75) is 37.5 Å². The van der Waals surface area contributed by atoms with E-state index >= 15 is 0 Å². The Labute approximate surface area is 136 Å². The normalized spacial score (nSPS) is 23.3. The van der Waals surface area contributed by atoms with E-state index < -0.39 is 29.8 Å². The van der Waals surface area contributed by atoms with Crippen molar-refractivity contribution in [2.24, 2.45) is 4.99 Å². The number of esters is 1. The quantitative estimate of drug-likeness (QED) is 0.778. The average Bonchev–Trinajstić information content (AvgIpc) is 2.93. The molecule has 1 amide bonds. The van der Waals surface area contributed by atoms with Gasteiger partial charge >= 0.3 is 12.1 Å². The molecule has 128 valence electrons. The Morgan fingerprint density at radius 1 is 1.38 bits per heavy atom. The highest BCUT2D eigenvalue weighted by molar-refractivity contribution is 5.89. The SMILES string of the molecule is COC(=O)C1CCC(=O)N1C1CC=Nc2cc(C(F)(F)F)ccc21. The van der Waals surface area contributed by atoms with E-state index in [0.717, 1.165) is 12.1 Å². The van der Waals surface area contributed by atoms with Gasteiger partial charge in [-0.3, -0.25) is 9.79 Å². The molecule has 0 saturated carbocycles. The number of amides is 1. The largest absolute Gasteiger partial charge is 0.467 e. The van der Waals surface area contributed by atoms with Gasteiger partial charge in [0.2, 0.25) is 5.91 Å². The van der Waals surface area contributed by atoms with Crippen LogP contribution in [0.15, 0.2) is 23.2 Å². The van der Waals surface area contributed by atoms with Crippen LogP contribution in [0.2, 0.25) is 0 Å². The van der Waals surface area contributed by atoms with Gasteiger partial charge in [-0.2, -0.15) is 13.2 Å². The van der Waals surface area contributed by atoms with E-state index in [1.54, 1.807) is 0 Å². The lowest BCUT2D eigenvalue weighted by atomic mass is 9.95. The number of carbonyl (C=O) groups is 2. The maximum absolute atomic E-state index is 12.9. The number of nitrogens with zero attached hydrogens (tertiary/aromatic N) is 2. The van der Waals surface area contributed by atoms with Gasteiger partial charge in [0.05, 0.1) is 24.4 Å². The van der Waals surface area contributed by atoms with E-state index in [1.807, 2.05) is 0 Å². The van der Waals surface area contributed by atoms with E-state index in [9.17, 15) is 22.8 Å². The van der Waals surface area contributed by atoms with E-state index in [0.29, 0.717) is 18.4 Å². The summed E-state index contributed by atoms with van der Waals surface area (Å²) in [6.45, 7) is 0. The average molecular weight is 340 g/mol. The topological polar surface area (TPSA) is 59.0 Å². The van der Waals surface area contributed by atoms with Crippen LogP contribution in [0.3, 0.4) is 0 Å². The van der Waals surface area contributed by atoms with Crippen molar-refractivity contribution in [3.63, 3.8) is 0 Å². The number of fused-ring (bicyclic) bond motifs is 1. The fourth-order valence-corrected chi connectivity index (χ4v) is 3.22. The Morgan fingerprint density at radius 2 is 2.12 bits per heavy atom. The van der Waals surface area contributed by atoms with Crippen LogP contribution in [-0.4, -0.2) is 36.1 Å². The monoisotopic (exact) mass is 340 g/mol. The number of alkyl halides is 3. The van der Waals surface area contributed by atoms with Crippen LogP contribution >= 0.6 is 0 Å². The summed E-state index contributed by atoms with van der Waals surface area (Å²) in [4.78, 5) is 29.6. The first kappa shape index (κ1) is 16.5. The zero-order chi connectivity index (χ0) is 17.5. The molecule has 2 unspecified atom stereocenters. The highest BCUT2D eigenvalue weighted by atomic mass is 19.4. The molecular formula is C16H15F3N2O3. The molecule has 3 rings (SSSR count). The van der Waals surface area contributed by atoms with Crippen LogP contribution in [0.1, 0.15) is 36.4 Å². The predicted molar refractivity (Wildman–Crippen MR) is 78.8 cm³/mol. The van der Waals surface area contributed by atoms with E-state index in [2.05, 4.69) is 4.99 Å². The minimum atomic E-state index is -4.46. The van der Waals surface area contributed by atoms with Crippen molar-refractivity contribution in [1.82, 2.24) is 4.90 Å². The Morgan fingerprint density at radius 3 is 2.79 bits per heavy atom. The zero-order valence-electron chi connectivity index (χ0n) is 12.8. The molecule has 0 aliphatic carbocycles. The first-order valence-electron chi connectivity index (χ1n) is 7.45. The molecule has 1 fully saturated rings. The van der Waals surface area contributed by atoms with Crippen molar-refractivity contribution in [2.75, 3.05) is 7.11 Å². The van der Waals surface area contributed by atoms with Gasteiger partial charge in [-0.05, 0) is 18.6 Å². The first-order valence-corrected chi connectivity index (χ1v) is 7.45. The lowest BCUT2D eigenvalue weighted by molar-refractivity contribution is -0.150. The third-order valence-corrected chi connectivity index (χ3v) is 4.34. The number of likely N-dealkylation sites (tertiary alicyclic amines) is 1. The molecule has 0 radical (unpaired) electrons. The highest BCUT2D eigenvalue weighted by Crippen LogP contribution is 2.42. The maximum Gasteiger partial charge on any atom is 0.416 e. The molecule has 2 aliphatic rings. The van der Waals surface area contributed by atoms with Crippen LogP contribution in [0, 0.1) is 0 Å². The van der Waals surface area contributed by atoms with Crippen molar-refractivity contribution in [3.05, 3.63) is 29.3 Å². The van der Waals surface area contributed by atoms with Gasteiger partial charge in [0.1, 0.15) is 6.04 Å². The molecule has 24 heavy (non-hydrogen) atoms. The summed E-state index contributed by atoms with van der Waals surface area (Å²) < 4.78 is 43.3. The molecule has 5 nitrogen and oxygen atoms in total. The minimum Gasteiger partial charge on any atom is -0.467 e. The summed E-state index contributed by atoms with van der Waals surface area (Å²) in [6, 6.07) is 2.04. The lowest BCUT2D eigenvalue weighted by Crippen LogP contribution is -2.42. The number of carbonyl (C=O) groups excluding carboxylic acids is 2. The maximum atomic E-state index is 12.9. The van der Waals surface area contributed by atoms with Gasteiger partial charge in [0.15, 0.2) is 0 Å². The summed E-state index contributed by atoms with van der Waals surface area (Å²) in [7, 11) is 1.25. The van der Waals surface area contributed by atoms with Gasteiger partial charge in [0.25, 0.3) is 0 Å². The van der Waals surface area contributed by atoms with Crippen LogP contribution in [0.25, 0.3) is 0 Å². The molecule has 0 N–H and O–H groups in total. The standard InChI is InChI=1S/C16H15F3N2O3/c1-24-15(23)13-4-5-14(22)21(13)12-6-7-20-11-8-9(16(17,18)19)2-3-10(11)12/h2-3,7-8,12-13H,4-6H2,1H3. The third-order valence-electron chi connectivity index (χ3n) is 4.34. The number of ether oxygens (including phenoxy) is 1. The number of rotatable bonds is 2. The Balaban J connectivity index is 1.98. The molecule has 1 saturated heterocycles. The third kappa shape index (κ3) is 2.76. The van der Waals surface area contributed by atoms with Crippen molar-refractivity contribution < 1.29 is 27.5 Å². The summed E-state index contributed by atoms with van der Waals surface area (Å²) >= 11 is 0. The Kier molecular flexibility index (Phi) is 4.06. The molecule has 2 heterocycles. The van der Waals surface area contributed by atoms with Crippen LogP contribution in [0.4, 0.5) is 18.9 Å². The number of hydrogen-bond donors (Lipinski definition) is 0. The smallest absolute Gasteiger partial charge is 0.416 e. The molecule has 1 aromatic rings. The number of halogens is 3. The predicted octanol–water partition coefficient (Wildman–Crippen LogP) is 3.02. The molecule has 2 atom stereocenters. The summed E-state index contributed by atoms with van der Waals surface area (Å²) in [5.41, 5.74) is -0.115. The molecule has 2 aliphatic heterocycles. The summed E-state index contributed by atoms with van der Waals surface area (Å²) in [5, 5.41) is 0. The van der Waals surface area contributed by atoms with E-state index in [-0.39, 0.29) is 18.0 Å². The second-order valence-corrected chi connectivity index (χ2v) is 5.71. The molecular weight excluding hydrogens is 325 g/mol. The fourth-order valence-electron chi connectivity index (χ4n) is 3.22. The minimum absolute atomic E-state index is 0.171. The molecule has 8 heteroatoms. The Hall–Kier alpha value is -2.38. The van der Waals surface area contributed by atoms with Gasteiger partial charge in [-0.25, -0.2) is 4.79 Å². The second-order valence-electron chi connectivity index (χ2n) is 5.71. The molecule has 0 aromatic heterocycles. The van der Waals surface area contributed by atoms with E-state index in [4.69, 9.17) is 4.74 Å². The molecule has 1 aromatic carbocycles. The Bertz CT molecular complexity index is 715. The zero-order valence-corrected chi connectivity index (χ0v) is 12.8. The van der Waals surface area contributed by atoms with Gasteiger partial charge in [-0.1, -0.05) is 6.07 Å². The van der Waals surface area contributed by atoms with Crippen LogP contribution in [0.5, 0.6) is 0 Å². The van der Waals surface area contributed by atoms with Gasteiger partial charge in [0, 0.05) is 24.6 Å². The number of aliphatic imine (C=N–C) groups is 1. The summed E-state index contributed by atoms with van der Waals surface area (Å²) in [6.07, 6.45) is -2.08. The number of hydrogen-bond acceptors (Lipinski definition) is 4.